The number of hydrogen-bond acceptors (Lipinski definition) is 13. The van der Waals surface area contributed by atoms with Crippen molar-refractivity contribution in [1.29, 1.82) is 0 Å². The maximum absolute atomic E-state index is 15.7. The molecule has 2 aliphatic rings. The molecule has 4 rings (SSSR count). The van der Waals surface area contributed by atoms with Crippen LogP contribution in [0.5, 0.6) is 0 Å². The van der Waals surface area contributed by atoms with Crippen LogP contribution in [0, 0.1) is 23.7 Å². The number of hydrogen-bond donors (Lipinski definition) is 3. The Morgan fingerprint density at radius 2 is 1.13 bits per heavy atom. The Kier molecular flexibility index (Phi) is 32.3. The van der Waals surface area contributed by atoms with Gasteiger partial charge in [0.05, 0.1) is 25.2 Å². The van der Waals surface area contributed by atoms with Crippen LogP contribution in [0.1, 0.15) is 152 Å². The van der Waals surface area contributed by atoms with Gasteiger partial charge in [0, 0.05) is 93.3 Å². The highest BCUT2D eigenvalue weighted by atomic mass is 35.5. The molecule has 2 heterocycles. The van der Waals surface area contributed by atoms with E-state index in [0.29, 0.717) is 48.5 Å². The summed E-state index contributed by atoms with van der Waals surface area (Å²) in [5.74, 6) is -8.26. The quantitative estimate of drug-likeness (QED) is 0.0830. The Balaban J connectivity index is 1.75. The molecular weight excluding hydrogens is 1290 g/mol. The average Bonchev–Trinajstić information content (AvgIpc) is 1.61. The zero-order valence-electron chi connectivity index (χ0n) is 62.3. The molecule has 0 radical (unpaired) electrons. The first-order chi connectivity index (χ1) is 46.2. The smallest absolute Gasteiger partial charge is 0.247 e. The van der Waals surface area contributed by atoms with Gasteiger partial charge in [-0.3, -0.25) is 57.5 Å². The van der Waals surface area contributed by atoms with E-state index >= 15 is 28.8 Å². The monoisotopic (exact) mass is 1400 g/mol. The molecular formula is C73H115ClN12O13. The average molecular weight is 1400 g/mol. The van der Waals surface area contributed by atoms with Gasteiger partial charge in [0.2, 0.25) is 70.9 Å². The van der Waals surface area contributed by atoms with Crippen molar-refractivity contribution in [2.45, 2.75) is 214 Å². The van der Waals surface area contributed by atoms with E-state index in [-0.39, 0.29) is 81.9 Å². The number of rotatable bonds is 34. The molecule has 0 aromatic heterocycles. The topological polar surface area (TPSA) is 293 Å². The number of nitrogens with two attached hydrogens (primary N) is 1. The number of benzene rings is 2. The lowest BCUT2D eigenvalue weighted by Crippen LogP contribution is -2.62. The number of primary amides is 1. The summed E-state index contributed by atoms with van der Waals surface area (Å²) in [6.45, 7) is 21.7. The molecule has 552 valence electrons. The van der Waals surface area contributed by atoms with E-state index in [9.17, 15) is 28.8 Å². The van der Waals surface area contributed by atoms with E-state index in [0.717, 1.165) is 6.42 Å². The maximum Gasteiger partial charge on any atom is 0.247 e. The highest BCUT2D eigenvalue weighted by Gasteiger charge is 2.46. The first-order valence-corrected chi connectivity index (χ1v) is 35.4. The second-order valence-corrected chi connectivity index (χ2v) is 29.8. The van der Waals surface area contributed by atoms with Crippen LogP contribution in [0.2, 0.25) is 5.02 Å². The van der Waals surface area contributed by atoms with Crippen molar-refractivity contribution in [3.05, 3.63) is 70.7 Å². The van der Waals surface area contributed by atoms with Gasteiger partial charge in [-0.1, -0.05) is 116 Å². The number of piperidine rings is 1. The van der Waals surface area contributed by atoms with Crippen molar-refractivity contribution in [3.8, 4) is 0 Å². The molecule has 0 spiro atoms. The van der Waals surface area contributed by atoms with Crippen molar-refractivity contribution in [2.75, 3.05) is 82.1 Å². The van der Waals surface area contributed by atoms with Crippen molar-refractivity contribution < 1.29 is 62.3 Å². The molecule has 12 amide bonds. The molecule has 2 saturated heterocycles. The Hall–Kier alpha value is -7.67. The van der Waals surface area contributed by atoms with Crippen molar-refractivity contribution in [3.63, 3.8) is 0 Å². The molecule has 0 saturated carbocycles. The highest BCUT2D eigenvalue weighted by molar-refractivity contribution is 6.30. The number of likely N-dealkylation sites (tertiary alicyclic amines) is 2. The fraction of sp³-hybridized carbons (Fsp3) is 0.671. The standard InChI is InChI=1S/C73H115ClN12O13/c1-20-59(87)78(13)43-61(89)79(14)54(37-45(2)3)65(91)76-52(44-99-73(10,11)12)67(93)81(16)57(40-49-29-23-21-24-30-49)70(96)82(17)56(38-46(4)5)69(95)83(18)58(71(97)85-34-25-22-26-35-85)42-60(88)86-36-28-33-53(86)68(94)80(15)55(41-50-31-27-32-51(74)39-50)66(92)77-62(47(6)7)72(98)84(19)63(48(8)9)64(75)90/h21,23-24,27,29-32,39,45-48,52-58,62-63H,20,22,25-26,28,33-38,40-44H2,1-19H3,(H2,75,90)(H,76,91)(H,77,92)/t52?,53-,54?,55+,56?,57?,58+,62?,63?/m1/s1. The summed E-state index contributed by atoms with van der Waals surface area (Å²) >= 11 is 6.44. The van der Waals surface area contributed by atoms with Crippen LogP contribution in [0.4, 0.5) is 0 Å². The first kappa shape index (κ1) is 83.7. The molecule has 2 aromatic rings. The highest BCUT2D eigenvalue weighted by Crippen LogP contribution is 2.28. The lowest BCUT2D eigenvalue weighted by Gasteiger charge is -2.40. The van der Waals surface area contributed by atoms with Gasteiger partial charge in [-0.15, -0.1) is 0 Å². The van der Waals surface area contributed by atoms with Gasteiger partial charge in [-0.2, -0.15) is 0 Å². The van der Waals surface area contributed by atoms with Crippen molar-refractivity contribution in [1.82, 2.24) is 54.7 Å². The molecule has 6 unspecified atom stereocenters. The van der Waals surface area contributed by atoms with Gasteiger partial charge in [0.15, 0.2) is 0 Å². The van der Waals surface area contributed by atoms with Crippen LogP contribution in [-0.2, 0) is 75.1 Å². The number of carbonyl (C=O) groups excluding carboxylic acids is 12. The second kappa shape index (κ2) is 38.2. The molecule has 4 N–H and O–H groups in total. The zero-order chi connectivity index (χ0) is 74.7. The number of halogens is 1. The van der Waals surface area contributed by atoms with E-state index in [1.54, 1.807) is 115 Å². The second-order valence-electron chi connectivity index (χ2n) is 29.4. The molecule has 9 atom stereocenters. The summed E-state index contributed by atoms with van der Waals surface area (Å²) in [6, 6.07) is 4.76. The van der Waals surface area contributed by atoms with E-state index in [2.05, 4.69) is 10.6 Å². The largest absolute Gasteiger partial charge is 0.373 e. The Labute approximate surface area is 592 Å². The lowest BCUT2D eigenvalue weighted by atomic mass is 9.97. The van der Waals surface area contributed by atoms with Crippen LogP contribution in [0.15, 0.2) is 54.6 Å². The number of amides is 12. The molecule has 0 aliphatic carbocycles. The van der Waals surface area contributed by atoms with Gasteiger partial charge in [0.1, 0.15) is 54.4 Å². The summed E-state index contributed by atoms with van der Waals surface area (Å²) in [7, 11) is 10.2. The van der Waals surface area contributed by atoms with E-state index in [1.807, 2.05) is 27.7 Å². The van der Waals surface area contributed by atoms with Crippen LogP contribution >= 0.6 is 11.6 Å². The van der Waals surface area contributed by atoms with Crippen LogP contribution in [0.25, 0.3) is 0 Å². The van der Waals surface area contributed by atoms with E-state index in [1.165, 1.54) is 88.5 Å². The van der Waals surface area contributed by atoms with E-state index < -0.39 is 137 Å². The van der Waals surface area contributed by atoms with Gasteiger partial charge in [0.25, 0.3) is 0 Å². The van der Waals surface area contributed by atoms with Gasteiger partial charge < -0.3 is 65.2 Å². The van der Waals surface area contributed by atoms with Crippen molar-refractivity contribution >= 4 is 82.5 Å². The summed E-state index contributed by atoms with van der Waals surface area (Å²) < 4.78 is 6.18. The minimum atomic E-state index is -1.42. The van der Waals surface area contributed by atoms with E-state index in [4.69, 9.17) is 22.1 Å². The van der Waals surface area contributed by atoms with Crippen LogP contribution < -0.4 is 16.4 Å². The normalized spacial score (nSPS) is 16.5. The number of carbonyl (C=O) groups is 12. The maximum atomic E-state index is 15.7. The van der Waals surface area contributed by atoms with Gasteiger partial charge in [-0.25, -0.2) is 0 Å². The third-order valence-corrected chi connectivity index (χ3v) is 19.0. The van der Waals surface area contributed by atoms with Gasteiger partial charge >= 0.3 is 0 Å². The van der Waals surface area contributed by atoms with Crippen molar-refractivity contribution in [2.24, 2.45) is 29.4 Å². The molecule has 25 nitrogen and oxygen atoms in total. The Morgan fingerprint density at radius 1 is 0.586 bits per heavy atom. The SMILES string of the molecule is CCC(=O)N(C)CC(=O)N(C)C(CC(C)C)C(=O)NC(COC(C)(C)C)C(=O)N(C)C(Cc1ccccc1)C(=O)N(C)C(CC(C)C)C(=O)N(C)[C@@H](CC(=O)N1CCC[C@@H]1C(=O)N(C)[C@@H](Cc1cccc(Cl)c1)C(=O)NC(C(=O)N(C)C(C(N)=O)C(C)C)C(C)C)C(=O)N1CCCCC1. The summed E-state index contributed by atoms with van der Waals surface area (Å²) in [4.78, 5) is 186. The van der Waals surface area contributed by atoms with Gasteiger partial charge in [-0.05, 0) is 113 Å². The molecule has 99 heavy (non-hydrogen) atoms. The summed E-state index contributed by atoms with van der Waals surface area (Å²) in [5.41, 5.74) is 6.19. The summed E-state index contributed by atoms with van der Waals surface area (Å²) in [5, 5.41) is 6.12. The summed E-state index contributed by atoms with van der Waals surface area (Å²) in [6.07, 6.45) is 2.62. The molecule has 26 heteroatoms. The van der Waals surface area contributed by atoms with Crippen LogP contribution in [-0.4, -0.2) is 257 Å². The number of ether oxygens (including phenoxy) is 1. The van der Waals surface area contributed by atoms with Crippen LogP contribution in [0.3, 0.4) is 0 Å². The third kappa shape index (κ3) is 23.7. The predicted octanol–water partition coefficient (Wildman–Crippen LogP) is 5.02. The Morgan fingerprint density at radius 3 is 1.68 bits per heavy atom. The molecule has 0 bridgehead atoms. The minimum Gasteiger partial charge on any atom is -0.373 e. The number of nitrogens with zero attached hydrogens (tertiary/aromatic N) is 9. The Bertz CT molecular complexity index is 3120. The third-order valence-electron chi connectivity index (χ3n) is 18.8. The fourth-order valence-corrected chi connectivity index (χ4v) is 13.1. The first-order valence-electron chi connectivity index (χ1n) is 35.0. The molecule has 2 fully saturated rings. The fourth-order valence-electron chi connectivity index (χ4n) is 12.9. The molecule has 2 aliphatic heterocycles. The number of likely N-dealkylation sites (N-methyl/N-ethyl adjacent to an activating group) is 7. The predicted molar refractivity (Wildman–Crippen MR) is 380 cm³/mol. The number of nitrogens with one attached hydrogen (secondary N) is 2. The lowest BCUT2D eigenvalue weighted by molar-refractivity contribution is -0.156. The minimum absolute atomic E-state index is 0.0445. The molecule has 2 aromatic carbocycles. The zero-order valence-corrected chi connectivity index (χ0v) is 63.1.